The molecule has 0 aliphatic carbocycles. The van der Waals surface area contributed by atoms with Gasteiger partial charge < -0.3 is 0 Å². The van der Waals surface area contributed by atoms with E-state index in [0.29, 0.717) is 0 Å². The molecule has 0 bridgehead atoms. The van der Waals surface area contributed by atoms with E-state index in [1.807, 2.05) is 0 Å². The van der Waals surface area contributed by atoms with Crippen LogP contribution in [0.4, 0.5) is 0 Å². The van der Waals surface area contributed by atoms with Gasteiger partial charge in [-0.25, -0.2) is 29.9 Å². The molecule has 0 aliphatic rings. The summed E-state index contributed by atoms with van der Waals surface area (Å²) in [4.78, 5) is 34.9. The van der Waals surface area contributed by atoms with Gasteiger partial charge in [0.15, 0.2) is 30.0 Å². The molecule has 0 N–H and O–H groups in total. The molecule has 6 aromatic rings. The van der Waals surface area contributed by atoms with Crippen molar-refractivity contribution in [1.29, 1.82) is 0 Å². The molecule has 42 heavy (non-hydrogen) atoms. The number of thiazole rings is 6. The number of hydrogen-bond acceptors (Lipinski definition) is 12. The minimum Gasteiger partial charge on any atom is -0.239 e. The smallest absolute Gasteiger partial charge is 0.153 e. The third-order valence-electron chi connectivity index (χ3n) is 6.92. The first-order valence-corrected chi connectivity index (χ1v) is 19.4. The standard InChI is InChI=1S/C30H32N6S6/c1-7-15-13-37-25(31-15)27-33-17(9-3)21(39-27)23-19(11-5)35-29(41-23)30-36-20(12-6)24(42-30)22-18(10-4)34-28(40-22)26-32-16(8-2)14-38-26/h13-14H,7-12H2,1-6H3. The van der Waals surface area contributed by atoms with Gasteiger partial charge in [0.2, 0.25) is 0 Å². The highest BCUT2D eigenvalue weighted by molar-refractivity contribution is 7.30. The van der Waals surface area contributed by atoms with Gasteiger partial charge in [-0.1, -0.05) is 41.5 Å². The topological polar surface area (TPSA) is 77.3 Å². The van der Waals surface area contributed by atoms with Gasteiger partial charge in [-0.05, 0) is 38.5 Å². The molecule has 0 fully saturated rings. The van der Waals surface area contributed by atoms with Gasteiger partial charge in [-0.2, -0.15) is 0 Å². The van der Waals surface area contributed by atoms with Crippen molar-refractivity contribution in [2.24, 2.45) is 0 Å². The zero-order chi connectivity index (χ0) is 29.4. The highest BCUT2D eigenvalue weighted by atomic mass is 32.1. The molecule has 6 nitrogen and oxygen atoms in total. The summed E-state index contributed by atoms with van der Waals surface area (Å²) in [5.74, 6) is 0. The lowest BCUT2D eigenvalue weighted by atomic mass is 10.2. The Balaban J connectivity index is 1.39. The summed E-state index contributed by atoms with van der Waals surface area (Å²) >= 11 is 10.4. The van der Waals surface area contributed by atoms with Crippen molar-refractivity contribution in [1.82, 2.24) is 29.9 Å². The van der Waals surface area contributed by atoms with E-state index in [-0.39, 0.29) is 0 Å². The quantitative estimate of drug-likeness (QED) is 0.137. The van der Waals surface area contributed by atoms with Crippen LogP contribution in [0.1, 0.15) is 75.7 Å². The van der Waals surface area contributed by atoms with Gasteiger partial charge in [0.05, 0.1) is 53.7 Å². The first-order valence-electron chi connectivity index (χ1n) is 14.4. The molecule has 0 saturated heterocycles. The van der Waals surface area contributed by atoms with Crippen LogP contribution in [0.15, 0.2) is 10.8 Å². The number of aromatic nitrogens is 6. The van der Waals surface area contributed by atoms with Crippen molar-refractivity contribution in [2.75, 3.05) is 0 Å². The van der Waals surface area contributed by atoms with Crippen molar-refractivity contribution in [3.8, 4) is 49.6 Å². The molecule has 0 spiro atoms. The predicted octanol–water partition coefficient (Wildman–Crippen LogP) is 10.1. The van der Waals surface area contributed by atoms with Gasteiger partial charge in [-0.3, -0.25) is 0 Å². The van der Waals surface area contributed by atoms with Crippen LogP contribution in [0.25, 0.3) is 49.6 Å². The van der Waals surface area contributed by atoms with E-state index in [1.165, 1.54) is 19.5 Å². The average Bonchev–Trinajstić information content (AvgIpc) is 3.86. The van der Waals surface area contributed by atoms with Crippen LogP contribution in [0, 0.1) is 0 Å². The summed E-state index contributed by atoms with van der Waals surface area (Å²) in [5, 5.41) is 10.3. The fourth-order valence-electron chi connectivity index (χ4n) is 4.58. The van der Waals surface area contributed by atoms with E-state index < -0.39 is 0 Å². The van der Waals surface area contributed by atoms with E-state index in [9.17, 15) is 0 Å². The minimum atomic E-state index is 0.865. The Morgan fingerprint density at radius 2 is 0.667 bits per heavy atom. The second-order valence-corrected chi connectivity index (χ2v) is 15.3. The Hall–Kier alpha value is -2.22. The van der Waals surface area contributed by atoms with Gasteiger partial charge in [-0.15, -0.1) is 68.0 Å². The van der Waals surface area contributed by atoms with E-state index in [0.717, 1.165) is 103 Å². The molecule has 6 aromatic heterocycles. The SMILES string of the molecule is CCc1csc(-c2nc(CC)c(-c3sc(-c4nc(CC)c(-c5sc(-c6nc(CC)cs6)nc5CC)s4)nc3CC)s2)n1. The highest BCUT2D eigenvalue weighted by Gasteiger charge is 2.25. The van der Waals surface area contributed by atoms with Crippen molar-refractivity contribution in [2.45, 2.75) is 80.1 Å². The Labute approximate surface area is 270 Å². The monoisotopic (exact) mass is 668 g/mol. The van der Waals surface area contributed by atoms with Crippen molar-refractivity contribution >= 4 is 68.0 Å². The lowest BCUT2D eigenvalue weighted by molar-refractivity contribution is 1.04. The molecule has 12 heteroatoms. The molecule has 0 unspecified atom stereocenters. The highest BCUT2D eigenvalue weighted by Crippen LogP contribution is 2.47. The Morgan fingerprint density at radius 3 is 0.905 bits per heavy atom. The molecule has 0 aromatic carbocycles. The van der Waals surface area contributed by atoms with E-state index in [2.05, 4.69) is 52.3 Å². The summed E-state index contributed by atoms with van der Waals surface area (Å²) in [7, 11) is 0. The molecule has 6 heterocycles. The molecule has 0 atom stereocenters. The molecule has 6 rings (SSSR count). The van der Waals surface area contributed by atoms with Gasteiger partial charge in [0, 0.05) is 10.8 Å². The maximum absolute atomic E-state index is 5.15. The molecule has 0 radical (unpaired) electrons. The van der Waals surface area contributed by atoms with Gasteiger partial charge in [0.25, 0.3) is 0 Å². The molecular formula is C30H32N6S6. The largest absolute Gasteiger partial charge is 0.239 e. The van der Waals surface area contributed by atoms with E-state index in [1.54, 1.807) is 68.0 Å². The van der Waals surface area contributed by atoms with E-state index in [4.69, 9.17) is 29.9 Å². The average molecular weight is 669 g/mol. The van der Waals surface area contributed by atoms with Crippen LogP contribution in [-0.4, -0.2) is 29.9 Å². The van der Waals surface area contributed by atoms with E-state index >= 15 is 0 Å². The van der Waals surface area contributed by atoms with Crippen LogP contribution in [-0.2, 0) is 38.5 Å². The van der Waals surface area contributed by atoms with Gasteiger partial charge in [0.1, 0.15) is 0 Å². The zero-order valence-corrected chi connectivity index (χ0v) is 29.4. The summed E-state index contributed by atoms with van der Waals surface area (Å²) < 4.78 is 0. The molecule has 0 aliphatic heterocycles. The van der Waals surface area contributed by atoms with Crippen LogP contribution in [0.3, 0.4) is 0 Å². The zero-order valence-electron chi connectivity index (χ0n) is 24.5. The second-order valence-electron chi connectivity index (χ2n) is 9.59. The fourth-order valence-corrected chi connectivity index (χ4v) is 11.4. The number of aryl methyl sites for hydroxylation is 6. The third-order valence-corrected chi connectivity index (χ3v) is 13.8. The Kier molecular flexibility index (Phi) is 9.09. The maximum atomic E-state index is 5.15. The molecular weight excluding hydrogens is 637 g/mol. The second kappa shape index (κ2) is 12.8. The first-order chi connectivity index (χ1) is 20.5. The minimum absolute atomic E-state index is 0.865. The molecule has 0 saturated carbocycles. The Morgan fingerprint density at radius 1 is 0.381 bits per heavy atom. The fraction of sp³-hybridized carbons (Fsp3) is 0.400. The van der Waals surface area contributed by atoms with Gasteiger partial charge >= 0.3 is 0 Å². The molecule has 0 amide bonds. The van der Waals surface area contributed by atoms with Crippen LogP contribution < -0.4 is 0 Å². The van der Waals surface area contributed by atoms with Crippen LogP contribution in [0.2, 0.25) is 0 Å². The third kappa shape index (κ3) is 5.57. The van der Waals surface area contributed by atoms with Crippen molar-refractivity contribution < 1.29 is 0 Å². The maximum Gasteiger partial charge on any atom is 0.153 e. The first kappa shape index (κ1) is 29.8. The number of nitrogens with zero attached hydrogens (tertiary/aromatic N) is 6. The summed E-state index contributed by atoms with van der Waals surface area (Å²) in [6.45, 7) is 13.0. The normalized spacial score (nSPS) is 11.7. The van der Waals surface area contributed by atoms with Crippen molar-refractivity contribution in [3.05, 3.63) is 44.9 Å². The summed E-state index contributed by atoms with van der Waals surface area (Å²) in [5.41, 5.74) is 6.74. The summed E-state index contributed by atoms with van der Waals surface area (Å²) in [6, 6.07) is 0. The number of hydrogen-bond donors (Lipinski definition) is 0. The lowest BCUT2D eigenvalue weighted by Crippen LogP contribution is -1.88. The van der Waals surface area contributed by atoms with Crippen molar-refractivity contribution in [3.63, 3.8) is 0 Å². The van der Waals surface area contributed by atoms with Crippen LogP contribution in [0.5, 0.6) is 0 Å². The van der Waals surface area contributed by atoms with Crippen LogP contribution >= 0.6 is 68.0 Å². The molecule has 218 valence electrons. The Bertz CT molecular complexity index is 1700. The summed E-state index contributed by atoms with van der Waals surface area (Å²) in [6.07, 6.45) is 5.37. The lowest BCUT2D eigenvalue weighted by Gasteiger charge is -1.98. The number of rotatable bonds is 11. The predicted molar refractivity (Wildman–Crippen MR) is 184 cm³/mol.